The Bertz CT molecular complexity index is 588. The predicted octanol–water partition coefficient (Wildman–Crippen LogP) is 3.35. The van der Waals surface area contributed by atoms with E-state index in [1.165, 1.54) is 12.0 Å². The number of likely N-dealkylation sites (tertiary alicyclic amines) is 2. The monoisotopic (exact) mass is 344 g/mol. The van der Waals surface area contributed by atoms with Crippen molar-refractivity contribution in [2.24, 2.45) is 5.41 Å². The second-order valence-corrected chi connectivity index (χ2v) is 8.24. The first-order valence-electron chi connectivity index (χ1n) is 9.55. The van der Waals surface area contributed by atoms with Gasteiger partial charge in [-0.2, -0.15) is 0 Å². The summed E-state index contributed by atoms with van der Waals surface area (Å²) in [6, 6.07) is 9.01. The van der Waals surface area contributed by atoms with E-state index in [4.69, 9.17) is 4.74 Å². The second kappa shape index (κ2) is 7.46. The molecular weight excluding hydrogens is 312 g/mol. The fourth-order valence-corrected chi connectivity index (χ4v) is 4.57. The van der Waals surface area contributed by atoms with Gasteiger partial charge in [0.25, 0.3) is 5.91 Å². The first kappa shape index (κ1) is 18.4. The van der Waals surface area contributed by atoms with Crippen molar-refractivity contribution in [1.29, 1.82) is 0 Å². The summed E-state index contributed by atoms with van der Waals surface area (Å²) < 4.78 is 5.46. The Morgan fingerprint density at radius 2 is 1.88 bits per heavy atom. The first-order valence-corrected chi connectivity index (χ1v) is 9.55. The number of piperidine rings is 1. The van der Waals surface area contributed by atoms with Gasteiger partial charge in [0, 0.05) is 44.4 Å². The van der Waals surface area contributed by atoms with Crippen LogP contribution in [0.3, 0.4) is 0 Å². The summed E-state index contributed by atoms with van der Waals surface area (Å²) in [4.78, 5) is 17.4. The van der Waals surface area contributed by atoms with Gasteiger partial charge in [0.2, 0.25) is 0 Å². The maximum Gasteiger partial charge on any atom is 0.253 e. The minimum absolute atomic E-state index is 0.182. The Hall–Kier alpha value is -1.39. The van der Waals surface area contributed by atoms with Crippen LogP contribution in [0.4, 0.5) is 0 Å². The van der Waals surface area contributed by atoms with Gasteiger partial charge in [0.15, 0.2) is 0 Å². The van der Waals surface area contributed by atoms with Crippen molar-refractivity contribution in [3.8, 4) is 0 Å². The first-order chi connectivity index (χ1) is 11.9. The lowest BCUT2D eigenvalue weighted by Crippen LogP contribution is -2.44. The summed E-state index contributed by atoms with van der Waals surface area (Å²) >= 11 is 0. The van der Waals surface area contributed by atoms with Crippen molar-refractivity contribution in [2.45, 2.75) is 52.1 Å². The van der Waals surface area contributed by atoms with Crippen molar-refractivity contribution < 1.29 is 9.53 Å². The van der Waals surface area contributed by atoms with Crippen LogP contribution in [0, 0.1) is 12.3 Å². The summed E-state index contributed by atoms with van der Waals surface area (Å²) in [5.41, 5.74) is 2.37. The van der Waals surface area contributed by atoms with Crippen molar-refractivity contribution >= 4 is 5.91 Å². The Labute approximate surface area is 152 Å². The average molecular weight is 344 g/mol. The third-order valence-electron chi connectivity index (χ3n) is 6.09. The van der Waals surface area contributed by atoms with Crippen LogP contribution < -0.4 is 0 Å². The molecule has 0 N–H and O–H groups in total. The molecule has 138 valence electrons. The van der Waals surface area contributed by atoms with Gasteiger partial charge < -0.3 is 9.64 Å². The lowest BCUT2D eigenvalue weighted by atomic mass is 9.76. The molecule has 1 unspecified atom stereocenters. The van der Waals surface area contributed by atoms with Crippen LogP contribution in [0.25, 0.3) is 0 Å². The molecule has 2 aliphatic rings. The van der Waals surface area contributed by atoms with Gasteiger partial charge >= 0.3 is 0 Å². The molecule has 1 spiro atoms. The van der Waals surface area contributed by atoms with Crippen molar-refractivity contribution in [1.82, 2.24) is 9.80 Å². The lowest BCUT2D eigenvalue weighted by Gasteiger charge is -2.39. The Kier molecular flexibility index (Phi) is 5.49. The van der Waals surface area contributed by atoms with E-state index in [0.29, 0.717) is 17.5 Å². The molecule has 4 heteroatoms. The Balaban J connectivity index is 1.63. The number of hydrogen-bond donors (Lipinski definition) is 0. The van der Waals surface area contributed by atoms with Crippen LogP contribution in [0.2, 0.25) is 0 Å². The van der Waals surface area contributed by atoms with Gasteiger partial charge in [-0.15, -0.1) is 0 Å². The summed E-state index contributed by atoms with van der Waals surface area (Å²) in [6.07, 6.45) is 3.41. The molecule has 0 aliphatic carbocycles. The minimum atomic E-state index is 0.182. The maximum atomic E-state index is 12.7. The molecule has 0 bridgehead atoms. The number of nitrogens with zero attached hydrogens (tertiary/aromatic N) is 2. The van der Waals surface area contributed by atoms with Crippen LogP contribution in [0.5, 0.6) is 0 Å². The molecule has 4 nitrogen and oxygen atoms in total. The van der Waals surface area contributed by atoms with Crippen molar-refractivity contribution in [3.05, 3.63) is 35.4 Å². The molecule has 25 heavy (non-hydrogen) atoms. The molecule has 0 saturated carbocycles. The van der Waals surface area contributed by atoms with E-state index in [1.54, 1.807) is 7.11 Å². The molecule has 0 aromatic heterocycles. The Morgan fingerprint density at radius 1 is 1.24 bits per heavy atom. The highest BCUT2D eigenvalue weighted by Gasteiger charge is 2.46. The van der Waals surface area contributed by atoms with Crippen molar-refractivity contribution in [2.75, 3.05) is 33.4 Å². The normalized spacial score (nSPS) is 23.6. The van der Waals surface area contributed by atoms with Crippen LogP contribution in [0.1, 0.15) is 49.0 Å². The van der Waals surface area contributed by atoms with E-state index in [-0.39, 0.29) is 5.91 Å². The zero-order valence-electron chi connectivity index (χ0n) is 16.1. The fourth-order valence-electron chi connectivity index (χ4n) is 4.57. The number of benzene rings is 1. The van der Waals surface area contributed by atoms with E-state index in [1.807, 2.05) is 29.2 Å². The summed E-state index contributed by atoms with van der Waals surface area (Å²) in [5, 5.41) is 0. The summed E-state index contributed by atoms with van der Waals surface area (Å²) in [5.74, 6) is 0.182. The zero-order chi connectivity index (χ0) is 18.0. The highest BCUT2D eigenvalue weighted by molar-refractivity contribution is 5.94. The average Bonchev–Trinajstić information content (AvgIpc) is 2.94. The number of aryl methyl sites for hydroxylation is 1. The van der Waals surface area contributed by atoms with E-state index in [0.717, 1.165) is 44.6 Å². The Morgan fingerprint density at radius 3 is 2.44 bits per heavy atom. The van der Waals surface area contributed by atoms with E-state index in [9.17, 15) is 4.79 Å². The van der Waals surface area contributed by atoms with Crippen LogP contribution in [-0.2, 0) is 4.74 Å². The quantitative estimate of drug-likeness (QED) is 0.840. The number of rotatable bonds is 4. The molecular formula is C21H32N2O2. The van der Waals surface area contributed by atoms with Gasteiger partial charge in [-0.3, -0.25) is 9.69 Å². The molecule has 2 fully saturated rings. The smallest absolute Gasteiger partial charge is 0.253 e. The number of ether oxygens (including phenoxy) is 1. The molecule has 2 saturated heterocycles. The van der Waals surface area contributed by atoms with Gasteiger partial charge in [-0.05, 0) is 57.6 Å². The molecule has 3 rings (SSSR count). The maximum absolute atomic E-state index is 12.7. The summed E-state index contributed by atoms with van der Waals surface area (Å²) in [6.45, 7) is 10.3. The van der Waals surface area contributed by atoms with Crippen molar-refractivity contribution in [3.63, 3.8) is 0 Å². The van der Waals surface area contributed by atoms with Gasteiger partial charge in [0.05, 0.1) is 6.61 Å². The molecule has 2 aliphatic heterocycles. The topological polar surface area (TPSA) is 32.8 Å². The standard InChI is InChI=1S/C21H32N2O2/c1-16(2)23-15-21(13-19(23)14-25-4)9-11-22(12-10-21)20(24)18-7-5-17(3)6-8-18/h5-8,16,19H,9-15H2,1-4H3. The highest BCUT2D eigenvalue weighted by Crippen LogP contribution is 2.44. The SMILES string of the molecule is COCC1CC2(CCN(C(=O)c3ccc(C)cc3)CC2)CN1C(C)C. The highest BCUT2D eigenvalue weighted by atomic mass is 16.5. The zero-order valence-corrected chi connectivity index (χ0v) is 16.1. The van der Waals surface area contributed by atoms with Gasteiger partial charge in [-0.25, -0.2) is 0 Å². The number of methoxy groups -OCH3 is 1. The van der Waals surface area contributed by atoms with E-state index >= 15 is 0 Å². The van der Waals surface area contributed by atoms with E-state index < -0.39 is 0 Å². The van der Waals surface area contributed by atoms with E-state index in [2.05, 4.69) is 25.7 Å². The van der Waals surface area contributed by atoms with Crippen LogP contribution in [-0.4, -0.2) is 61.1 Å². The molecule has 1 aromatic rings. The minimum Gasteiger partial charge on any atom is -0.383 e. The largest absolute Gasteiger partial charge is 0.383 e. The second-order valence-electron chi connectivity index (χ2n) is 8.24. The molecule has 2 heterocycles. The number of carbonyl (C=O) groups excluding carboxylic acids is 1. The third kappa shape index (κ3) is 3.90. The molecule has 1 amide bonds. The van der Waals surface area contributed by atoms with Gasteiger partial charge in [0.1, 0.15) is 0 Å². The summed E-state index contributed by atoms with van der Waals surface area (Å²) in [7, 11) is 1.80. The van der Waals surface area contributed by atoms with Gasteiger partial charge in [-0.1, -0.05) is 17.7 Å². The van der Waals surface area contributed by atoms with Crippen LogP contribution >= 0.6 is 0 Å². The molecule has 0 radical (unpaired) electrons. The lowest BCUT2D eigenvalue weighted by molar-refractivity contribution is 0.0582. The number of hydrogen-bond acceptors (Lipinski definition) is 3. The van der Waals surface area contributed by atoms with Crippen LogP contribution in [0.15, 0.2) is 24.3 Å². The molecule has 1 aromatic carbocycles. The number of amides is 1. The molecule has 1 atom stereocenters. The fraction of sp³-hybridized carbons (Fsp3) is 0.667. The predicted molar refractivity (Wildman–Crippen MR) is 101 cm³/mol. The number of carbonyl (C=O) groups is 1. The third-order valence-corrected chi connectivity index (χ3v) is 6.09.